The minimum absolute atomic E-state index is 0.115. The minimum Gasteiger partial charge on any atom is -0.496 e. The normalized spacial score (nSPS) is 18.0. The zero-order chi connectivity index (χ0) is 27.7. The van der Waals surface area contributed by atoms with E-state index in [4.69, 9.17) is 4.74 Å². The number of hydrogen-bond donors (Lipinski definition) is 2. The van der Waals surface area contributed by atoms with E-state index in [0.29, 0.717) is 34.8 Å². The molecular formula is C31H31F2N3O3. The van der Waals surface area contributed by atoms with Crippen LogP contribution in [0.15, 0.2) is 78.0 Å². The number of ketones is 1. The van der Waals surface area contributed by atoms with Crippen molar-refractivity contribution in [2.24, 2.45) is 5.41 Å². The summed E-state index contributed by atoms with van der Waals surface area (Å²) in [6.45, 7) is 4.13. The number of para-hydroxylation sites is 3. The highest BCUT2D eigenvalue weighted by Crippen LogP contribution is 2.48. The highest BCUT2D eigenvalue weighted by atomic mass is 19.1. The number of hydrogen-bond acceptors (Lipinski definition) is 5. The van der Waals surface area contributed by atoms with Gasteiger partial charge >= 0.3 is 0 Å². The highest BCUT2D eigenvalue weighted by Gasteiger charge is 2.42. The van der Waals surface area contributed by atoms with Gasteiger partial charge in [-0.25, -0.2) is 8.78 Å². The van der Waals surface area contributed by atoms with Crippen LogP contribution in [0.5, 0.6) is 5.75 Å². The summed E-state index contributed by atoms with van der Waals surface area (Å²) in [5, 5.41) is 6.37. The molecule has 6 nitrogen and oxygen atoms in total. The number of nitrogens with zero attached hydrogens (tertiary/aromatic N) is 1. The Hall–Kier alpha value is -4.20. The molecule has 2 N–H and O–H groups in total. The van der Waals surface area contributed by atoms with Gasteiger partial charge in [0.25, 0.3) is 0 Å². The Morgan fingerprint density at radius 1 is 1.05 bits per heavy atom. The highest BCUT2D eigenvalue weighted by molar-refractivity contribution is 6.01. The van der Waals surface area contributed by atoms with E-state index in [-0.39, 0.29) is 42.2 Å². The Balaban J connectivity index is 1.59. The maximum Gasteiger partial charge on any atom is 0.239 e. The Bertz CT molecular complexity index is 1450. The fourth-order valence-electron chi connectivity index (χ4n) is 5.56. The molecule has 1 atom stereocenters. The van der Waals surface area contributed by atoms with Crippen molar-refractivity contribution in [1.29, 1.82) is 0 Å². The number of amides is 1. The molecule has 3 aromatic carbocycles. The number of nitrogens with one attached hydrogen (secondary N) is 2. The lowest BCUT2D eigenvalue weighted by atomic mass is 9.73. The number of ether oxygens (including phenoxy) is 1. The molecule has 1 aliphatic carbocycles. The number of benzene rings is 3. The number of halogens is 2. The molecule has 1 amide bonds. The van der Waals surface area contributed by atoms with Gasteiger partial charge in [0.1, 0.15) is 17.4 Å². The van der Waals surface area contributed by atoms with Crippen molar-refractivity contribution in [2.45, 2.75) is 39.3 Å². The van der Waals surface area contributed by atoms with E-state index in [1.54, 1.807) is 12.0 Å². The summed E-state index contributed by atoms with van der Waals surface area (Å²) in [7, 11) is 1.57. The zero-order valence-electron chi connectivity index (χ0n) is 22.2. The first-order valence-electron chi connectivity index (χ1n) is 12.9. The van der Waals surface area contributed by atoms with Gasteiger partial charge in [0.05, 0.1) is 31.1 Å². The van der Waals surface area contributed by atoms with Crippen LogP contribution in [0.4, 0.5) is 20.2 Å². The molecule has 8 heteroatoms. The van der Waals surface area contributed by atoms with Crippen molar-refractivity contribution in [3.63, 3.8) is 0 Å². The second-order valence-electron chi connectivity index (χ2n) is 10.8. The standard InChI is InChI=1S/C31H31F2N3O3/c1-31(2)15-24-29(26(37)16-31)30(20-12-21(32)14-22(33)13-20)36(25-10-6-5-9-23(25)35-24)18-28(38)34-17-19-8-4-7-11-27(19)39-3/h4-14,30,35H,15-18H2,1-3H3,(H,34,38). The maximum absolute atomic E-state index is 14.5. The second kappa shape index (κ2) is 10.5. The van der Waals surface area contributed by atoms with Crippen molar-refractivity contribution >= 4 is 23.1 Å². The average molecular weight is 532 g/mol. The van der Waals surface area contributed by atoms with Crippen LogP contribution in [-0.2, 0) is 16.1 Å². The number of carbonyl (C=O) groups excluding carboxylic acids is 2. The van der Waals surface area contributed by atoms with Gasteiger partial charge in [0.15, 0.2) is 5.78 Å². The first-order chi connectivity index (χ1) is 18.6. The molecule has 0 aromatic heterocycles. The average Bonchev–Trinajstić information content (AvgIpc) is 3.01. The molecular weight excluding hydrogens is 500 g/mol. The quantitative estimate of drug-likeness (QED) is 0.414. The van der Waals surface area contributed by atoms with Crippen LogP contribution in [-0.4, -0.2) is 25.3 Å². The first-order valence-corrected chi connectivity index (χ1v) is 12.9. The van der Waals surface area contributed by atoms with Gasteiger partial charge in [-0.05, 0) is 47.7 Å². The van der Waals surface area contributed by atoms with Crippen LogP contribution in [0.2, 0.25) is 0 Å². The van der Waals surface area contributed by atoms with E-state index >= 15 is 0 Å². The number of rotatable bonds is 6. The predicted octanol–water partition coefficient (Wildman–Crippen LogP) is 5.91. The Morgan fingerprint density at radius 2 is 1.74 bits per heavy atom. The van der Waals surface area contributed by atoms with Gasteiger partial charge in [-0.1, -0.05) is 44.2 Å². The molecule has 39 heavy (non-hydrogen) atoms. The Labute approximate surface area is 226 Å². The van der Waals surface area contributed by atoms with E-state index in [9.17, 15) is 18.4 Å². The van der Waals surface area contributed by atoms with Gasteiger partial charge in [0, 0.05) is 35.9 Å². The molecule has 0 spiro atoms. The van der Waals surface area contributed by atoms with Crippen LogP contribution in [0, 0.1) is 17.0 Å². The molecule has 0 fully saturated rings. The van der Waals surface area contributed by atoms with E-state index in [1.807, 2.05) is 62.4 Å². The Morgan fingerprint density at radius 3 is 2.49 bits per heavy atom. The molecule has 0 saturated heterocycles. The summed E-state index contributed by atoms with van der Waals surface area (Å²) in [4.78, 5) is 28.8. The number of methoxy groups -OCH3 is 1. The lowest BCUT2D eigenvalue weighted by molar-refractivity contribution is -0.121. The van der Waals surface area contributed by atoms with Crippen molar-refractivity contribution in [2.75, 3.05) is 23.9 Å². The van der Waals surface area contributed by atoms with Gasteiger partial charge in [-0.3, -0.25) is 9.59 Å². The van der Waals surface area contributed by atoms with Crippen molar-refractivity contribution in [1.82, 2.24) is 5.32 Å². The topological polar surface area (TPSA) is 70.7 Å². The summed E-state index contributed by atoms with van der Waals surface area (Å²) in [6.07, 6.45) is 0.858. The smallest absolute Gasteiger partial charge is 0.239 e. The molecule has 1 aliphatic heterocycles. The van der Waals surface area contributed by atoms with Crippen molar-refractivity contribution in [3.05, 3.63) is 101 Å². The molecule has 2 aliphatic rings. The summed E-state index contributed by atoms with van der Waals surface area (Å²) in [5.74, 6) is -1.27. The lowest BCUT2D eigenvalue weighted by Crippen LogP contribution is -2.42. The molecule has 3 aromatic rings. The molecule has 0 saturated carbocycles. The molecule has 5 rings (SSSR count). The number of carbonyl (C=O) groups is 2. The molecule has 1 unspecified atom stereocenters. The number of anilines is 2. The predicted molar refractivity (Wildman–Crippen MR) is 146 cm³/mol. The molecule has 1 heterocycles. The van der Waals surface area contributed by atoms with Crippen LogP contribution < -0.4 is 20.3 Å². The van der Waals surface area contributed by atoms with Crippen LogP contribution >= 0.6 is 0 Å². The third kappa shape index (κ3) is 5.50. The van der Waals surface area contributed by atoms with Gasteiger partial charge in [0.2, 0.25) is 5.91 Å². The monoisotopic (exact) mass is 531 g/mol. The zero-order valence-corrected chi connectivity index (χ0v) is 22.2. The second-order valence-corrected chi connectivity index (χ2v) is 10.8. The molecule has 0 radical (unpaired) electrons. The van der Waals surface area contributed by atoms with E-state index in [1.165, 1.54) is 12.1 Å². The fourth-order valence-corrected chi connectivity index (χ4v) is 5.56. The van der Waals surface area contributed by atoms with Crippen LogP contribution in [0.1, 0.15) is 43.9 Å². The summed E-state index contributed by atoms with van der Waals surface area (Å²) >= 11 is 0. The van der Waals surface area contributed by atoms with E-state index < -0.39 is 17.7 Å². The van der Waals surface area contributed by atoms with Gasteiger partial charge in [-0.15, -0.1) is 0 Å². The number of allylic oxidation sites excluding steroid dienone is 1. The maximum atomic E-state index is 14.5. The van der Waals surface area contributed by atoms with E-state index in [0.717, 1.165) is 11.6 Å². The van der Waals surface area contributed by atoms with Crippen molar-refractivity contribution in [3.8, 4) is 5.75 Å². The Kier molecular flexibility index (Phi) is 7.12. The van der Waals surface area contributed by atoms with Crippen molar-refractivity contribution < 1.29 is 23.1 Å². The van der Waals surface area contributed by atoms with Gasteiger partial charge in [-0.2, -0.15) is 0 Å². The molecule has 0 bridgehead atoms. The van der Waals surface area contributed by atoms with Crippen LogP contribution in [0.3, 0.4) is 0 Å². The summed E-state index contributed by atoms with van der Waals surface area (Å²) in [5.41, 5.74) is 3.28. The van der Waals surface area contributed by atoms with Crippen LogP contribution in [0.25, 0.3) is 0 Å². The number of fused-ring (bicyclic) bond motifs is 1. The van der Waals surface area contributed by atoms with Gasteiger partial charge < -0.3 is 20.3 Å². The lowest BCUT2D eigenvalue weighted by Gasteiger charge is -2.37. The fraction of sp³-hybridized carbons (Fsp3) is 0.290. The largest absolute Gasteiger partial charge is 0.496 e. The minimum atomic E-state index is -0.873. The summed E-state index contributed by atoms with van der Waals surface area (Å²) in [6, 6.07) is 17.2. The third-order valence-electron chi connectivity index (χ3n) is 7.19. The van der Waals surface area contributed by atoms with E-state index in [2.05, 4.69) is 10.6 Å². The number of Topliss-reactive ketones (excluding diaryl/α,β-unsaturated/α-hetero) is 1. The summed E-state index contributed by atoms with van der Waals surface area (Å²) < 4.78 is 34.4. The first kappa shape index (κ1) is 26.4. The molecule has 202 valence electrons. The SMILES string of the molecule is COc1ccccc1CNC(=O)CN1c2ccccc2NC2=C(C(=O)CC(C)(C)C2)C1c1cc(F)cc(F)c1. The third-order valence-corrected chi connectivity index (χ3v) is 7.19.